The molecular formula is C12H4F6O. The lowest BCUT2D eigenvalue weighted by atomic mass is 10.0. The number of hydrogen-bond donors (Lipinski definition) is 1. The lowest BCUT2D eigenvalue weighted by molar-refractivity contribution is 0.358. The van der Waals surface area contributed by atoms with Crippen molar-refractivity contribution in [1.82, 2.24) is 0 Å². The van der Waals surface area contributed by atoms with Gasteiger partial charge in [-0.2, -0.15) is 8.78 Å². The molecule has 0 fully saturated rings. The molecule has 0 saturated heterocycles. The van der Waals surface area contributed by atoms with Crippen LogP contribution in [0.1, 0.15) is 0 Å². The van der Waals surface area contributed by atoms with Gasteiger partial charge in [-0.15, -0.1) is 0 Å². The summed E-state index contributed by atoms with van der Waals surface area (Å²) < 4.78 is 79.5. The van der Waals surface area contributed by atoms with E-state index in [4.69, 9.17) is 5.11 Å². The van der Waals surface area contributed by atoms with Gasteiger partial charge in [-0.25, -0.2) is 17.6 Å². The van der Waals surface area contributed by atoms with Gasteiger partial charge in [0.15, 0.2) is 29.0 Å². The Hall–Kier alpha value is -2.18. The van der Waals surface area contributed by atoms with Crippen LogP contribution < -0.4 is 0 Å². The van der Waals surface area contributed by atoms with Gasteiger partial charge in [-0.3, -0.25) is 0 Å². The Balaban J connectivity index is 2.87. The molecule has 0 radical (unpaired) electrons. The average Bonchev–Trinajstić information content (AvgIpc) is 2.39. The van der Waals surface area contributed by atoms with Crippen molar-refractivity contribution >= 4 is 0 Å². The van der Waals surface area contributed by atoms with Gasteiger partial charge in [0.2, 0.25) is 11.6 Å². The molecule has 0 aromatic heterocycles. The fourth-order valence-corrected chi connectivity index (χ4v) is 1.55. The van der Waals surface area contributed by atoms with Crippen molar-refractivity contribution in [1.29, 1.82) is 0 Å². The minimum atomic E-state index is -2.09. The quantitative estimate of drug-likeness (QED) is 0.619. The summed E-state index contributed by atoms with van der Waals surface area (Å²) in [6.45, 7) is 0. The van der Waals surface area contributed by atoms with Gasteiger partial charge in [0.25, 0.3) is 0 Å². The molecular weight excluding hydrogens is 274 g/mol. The number of rotatable bonds is 1. The first-order valence-electron chi connectivity index (χ1n) is 4.85. The maximum Gasteiger partial charge on any atom is 0.204 e. The van der Waals surface area contributed by atoms with Crippen molar-refractivity contribution in [2.24, 2.45) is 0 Å². The van der Waals surface area contributed by atoms with Crippen LogP contribution >= 0.6 is 0 Å². The first-order chi connectivity index (χ1) is 8.86. The highest BCUT2D eigenvalue weighted by atomic mass is 19.2. The third kappa shape index (κ3) is 1.91. The molecule has 0 bridgehead atoms. The summed E-state index contributed by atoms with van der Waals surface area (Å²) in [6.07, 6.45) is 0. The predicted octanol–water partition coefficient (Wildman–Crippen LogP) is 3.89. The van der Waals surface area contributed by atoms with E-state index in [0.717, 1.165) is 12.1 Å². The second-order valence-electron chi connectivity index (χ2n) is 3.58. The van der Waals surface area contributed by atoms with E-state index in [1.54, 1.807) is 0 Å². The van der Waals surface area contributed by atoms with Crippen LogP contribution in [-0.4, -0.2) is 5.11 Å². The van der Waals surface area contributed by atoms with Crippen LogP contribution in [0.3, 0.4) is 0 Å². The smallest absolute Gasteiger partial charge is 0.204 e. The number of aromatic hydroxyl groups is 1. The van der Waals surface area contributed by atoms with E-state index in [9.17, 15) is 26.3 Å². The van der Waals surface area contributed by atoms with Crippen LogP contribution in [0.15, 0.2) is 18.2 Å². The Morgan fingerprint density at radius 2 is 1.21 bits per heavy atom. The first kappa shape index (κ1) is 13.3. The molecule has 0 heterocycles. The van der Waals surface area contributed by atoms with Crippen LogP contribution in [0.5, 0.6) is 5.75 Å². The van der Waals surface area contributed by atoms with E-state index in [1.807, 2.05) is 0 Å². The number of benzene rings is 2. The third-order valence-corrected chi connectivity index (χ3v) is 2.46. The molecule has 0 atom stereocenters. The lowest BCUT2D eigenvalue weighted by Crippen LogP contribution is -2.02. The number of halogens is 6. The predicted molar refractivity (Wildman–Crippen MR) is 53.3 cm³/mol. The lowest BCUT2D eigenvalue weighted by Gasteiger charge is -2.10. The number of phenols is 1. The zero-order valence-electron chi connectivity index (χ0n) is 8.95. The van der Waals surface area contributed by atoms with Crippen LogP contribution in [0.4, 0.5) is 26.3 Å². The minimum Gasteiger partial charge on any atom is -0.503 e. The molecule has 2 aromatic rings. The molecule has 0 spiro atoms. The topological polar surface area (TPSA) is 20.2 Å². The Labute approximate surface area is 102 Å². The Bertz CT molecular complexity index is 639. The van der Waals surface area contributed by atoms with Crippen molar-refractivity contribution in [3.8, 4) is 16.9 Å². The summed E-state index contributed by atoms with van der Waals surface area (Å²) in [7, 11) is 0. The normalized spacial score (nSPS) is 10.8. The summed E-state index contributed by atoms with van der Waals surface area (Å²) in [6, 6.07) is 2.33. The van der Waals surface area contributed by atoms with Gasteiger partial charge >= 0.3 is 0 Å². The molecule has 2 aromatic carbocycles. The average molecular weight is 278 g/mol. The van der Waals surface area contributed by atoms with Crippen LogP contribution in [0, 0.1) is 34.9 Å². The monoisotopic (exact) mass is 278 g/mol. The first-order valence-corrected chi connectivity index (χ1v) is 4.85. The van der Waals surface area contributed by atoms with Crippen LogP contribution in [0.2, 0.25) is 0 Å². The van der Waals surface area contributed by atoms with Gasteiger partial charge in [-0.05, 0) is 6.07 Å². The standard InChI is InChI=1S/C12H4F6O/c13-5-3-1-2-4(7(5)14)6-8(15)10(17)12(19)11(18)9(6)16/h1-3,19H. The zero-order chi connectivity index (χ0) is 14.3. The molecule has 2 rings (SSSR count). The van der Waals surface area contributed by atoms with E-state index in [0.29, 0.717) is 6.07 Å². The second-order valence-corrected chi connectivity index (χ2v) is 3.58. The maximum absolute atomic E-state index is 13.5. The molecule has 0 aliphatic rings. The summed E-state index contributed by atoms with van der Waals surface area (Å²) >= 11 is 0. The van der Waals surface area contributed by atoms with Crippen molar-refractivity contribution in [3.63, 3.8) is 0 Å². The molecule has 0 aliphatic heterocycles. The summed E-state index contributed by atoms with van der Waals surface area (Å²) in [5.41, 5.74) is -2.42. The molecule has 19 heavy (non-hydrogen) atoms. The highest BCUT2D eigenvalue weighted by molar-refractivity contribution is 5.67. The number of phenolic OH excluding ortho intramolecular Hbond substituents is 1. The van der Waals surface area contributed by atoms with Crippen molar-refractivity contribution in [3.05, 3.63) is 53.1 Å². The van der Waals surface area contributed by atoms with Crippen molar-refractivity contribution in [2.45, 2.75) is 0 Å². The molecule has 1 N–H and O–H groups in total. The number of hydrogen-bond acceptors (Lipinski definition) is 1. The summed E-state index contributed by atoms with van der Waals surface area (Å²) in [5, 5.41) is 8.77. The second kappa shape index (κ2) is 4.49. The van der Waals surface area contributed by atoms with E-state index in [-0.39, 0.29) is 0 Å². The van der Waals surface area contributed by atoms with E-state index < -0.39 is 51.8 Å². The van der Waals surface area contributed by atoms with Gasteiger partial charge in [0.05, 0.1) is 5.56 Å². The summed E-state index contributed by atoms with van der Waals surface area (Å²) in [4.78, 5) is 0. The Morgan fingerprint density at radius 1 is 0.684 bits per heavy atom. The fourth-order valence-electron chi connectivity index (χ4n) is 1.55. The molecule has 100 valence electrons. The fraction of sp³-hybridized carbons (Fsp3) is 0. The van der Waals surface area contributed by atoms with Crippen molar-refractivity contribution < 1.29 is 31.4 Å². The SMILES string of the molecule is Oc1c(F)c(F)c(-c2cccc(F)c2F)c(F)c1F. The van der Waals surface area contributed by atoms with E-state index in [2.05, 4.69) is 0 Å². The molecule has 1 nitrogen and oxygen atoms in total. The molecule has 0 aliphatic carbocycles. The van der Waals surface area contributed by atoms with E-state index >= 15 is 0 Å². The van der Waals surface area contributed by atoms with Crippen LogP contribution in [-0.2, 0) is 0 Å². The highest BCUT2D eigenvalue weighted by Crippen LogP contribution is 2.36. The minimum absolute atomic E-state index is 0.668. The summed E-state index contributed by atoms with van der Waals surface area (Å²) in [5.74, 6) is -13.2. The molecule has 7 heteroatoms. The molecule has 0 saturated carbocycles. The maximum atomic E-state index is 13.5. The highest BCUT2D eigenvalue weighted by Gasteiger charge is 2.28. The Morgan fingerprint density at radius 3 is 1.74 bits per heavy atom. The third-order valence-electron chi connectivity index (χ3n) is 2.46. The van der Waals surface area contributed by atoms with Gasteiger partial charge in [-0.1, -0.05) is 12.1 Å². The Kier molecular flexibility index (Phi) is 3.13. The van der Waals surface area contributed by atoms with Crippen molar-refractivity contribution in [2.75, 3.05) is 0 Å². The van der Waals surface area contributed by atoms with Gasteiger partial charge < -0.3 is 5.11 Å². The molecule has 0 amide bonds. The van der Waals surface area contributed by atoms with E-state index in [1.165, 1.54) is 0 Å². The van der Waals surface area contributed by atoms with Crippen LogP contribution in [0.25, 0.3) is 11.1 Å². The zero-order valence-corrected chi connectivity index (χ0v) is 8.95. The molecule has 0 unspecified atom stereocenters. The largest absolute Gasteiger partial charge is 0.503 e. The van der Waals surface area contributed by atoms with Gasteiger partial charge in [0.1, 0.15) is 0 Å². The van der Waals surface area contributed by atoms with Gasteiger partial charge in [0, 0.05) is 5.56 Å².